The van der Waals surface area contributed by atoms with Crippen LogP contribution in [-0.4, -0.2) is 128 Å². The van der Waals surface area contributed by atoms with Crippen molar-refractivity contribution in [2.45, 2.75) is 329 Å². The fourth-order valence-corrected chi connectivity index (χ4v) is 24.5. The number of alkyl halides is 12. The van der Waals surface area contributed by atoms with Gasteiger partial charge >= 0.3 is 15.8 Å². The Morgan fingerprint density at radius 3 is 0.856 bits per heavy atom. The molecule has 3 aliphatic heterocycles. The molecule has 2 saturated carbocycles. The van der Waals surface area contributed by atoms with Gasteiger partial charge in [0.25, 0.3) is 17.8 Å². The molecule has 0 amide bonds. The molecule has 3 saturated heterocycles. The fourth-order valence-electron chi connectivity index (χ4n) is 17.0. The van der Waals surface area contributed by atoms with Crippen molar-refractivity contribution in [3.63, 3.8) is 0 Å². The van der Waals surface area contributed by atoms with Crippen LogP contribution in [0, 0.1) is 5.92 Å². The first kappa shape index (κ1) is 110. The Morgan fingerprint density at radius 1 is 0.338 bits per heavy atom. The zero-order chi connectivity index (χ0) is 103. The van der Waals surface area contributed by atoms with Crippen molar-refractivity contribution in [2.24, 2.45) is 5.92 Å². The predicted molar refractivity (Wildman–Crippen MR) is 503 cm³/mol. The Hall–Kier alpha value is -7.92. The van der Waals surface area contributed by atoms with Crippen LogP contribution in [-0.2, 0) is 125 Å². The van der Waals surface area contributed by atoms with Crippen molar-refractivity contribution in [1.82, 2.24) is 0 Å². The van der Waals surface area contributed by atoms with Crippen molar-refractivity contribution < 1.29 is 134 Å². The van der Waals surface area contributed by atoms with Crippen molar-refractivity contribution in [2.75, 3.05) is 19.8 Å². The summed E-state index contributed by atoms with van der Waals surface area (Å²) in [5.74, 6) is -13.8. The van der Waals surface area contributed by atoms with E-state index >= 15 is 17.6 Å². The van der Waals surface area contributed by atoms with E-state index in [9.17, 15) is 74.0 Å². The molecule has 0 aromatic heterocycles. The molecule has 36 heteroatoms. The summed E-state index contributed by atoms with van der Waals surface area (Å²) in [6, 6.07) is 65.5. The summed E-state index contributed by atoms with van der Waals surface area (Å²) in [6.07, 6.45) is -0.796. The summed E-state index contributed by atoms with van der Waals surface area (Å²) in [5.41, 5.74) is 1.65. The average Bonchev–Trinajstić information content (AvgIpc) is 0.731. The molecule has 0 radical (unpaired) electrons. The van der Waals surface area contributed by atoms with Crippen LogP contribution >= 0.6 is 0 Å². The zero-order valence-electron chi connectivity index (χ0n) is 80.2. The van der Waals surface area contributed by atoms with Gasteiger partial charge in [-0.05, 0) is 302 Å². The van der Waals surface area contributed by atoms with Gasteiger partial charge in [-0.25, -0.2) is 51.6 Å². The summed E-state index contributed by atoms with van der Waals surface area (Å²) < 4.78 is 323. The molecule has 5 fully saturated rings. The Bertz CT molecular complexity index is 6050. The molecule has 758 valence electrons. The second kappa shape index (κ2) is 40.9. The van der Waals surface area contributed by atoms with E-state index < -0.39 is 169 Å². The van der Waals surface area contributed by atoms with E-state index in [0.717, 1.165) is 107 Å². The fraction of sp³-hybridized carbons (Fsp3) is 0.476. The van der Waals surface area contributed by atoms with Crippen LogP contribution in [0.3, 0.4) is 0 Å². The molecule has 18 nitrogen and oxygen atoms in total. The first-order chi connectivity index (χ1) is 64.2. The maximum absolute atomic E-state index is 15.1. The number of ether oxygens (including phenoxy) is 9. The maximum atomic E-state index is 15.1. The van der Waals surface area contributed by atoms with E-state index in [1.165, 1.54) is 50.2 Å². The van der Waals surface area contributed by atoms with E-state index in [1.54, 1.807) is 69.3 Å². The second-order valence-corrected chi connectivity index (χ2v) is 50.1. The Labute approximate surface area is 815 Å². The highest BCUT2D eigenvalue weighted by atomic mass is 32.2. The quantitative estimate of drug-likeness (QED) is 0.0293. The van der Waals surface area contributed by atoms with Crippen LogP contribution < -0.4 is 14.2 Å². The zero-order valence-corrected chi connectivity index (χ0v) is 85.1. The summed E-state index contributed by atoms with van der Waals surface area (Å²) in [7, 11) is -19.9. The van der Waals surface area contributed by atoms with Gasteiger partial charge in [0.2, 0.25) is 0 Å². The van der Waals surface area contributed by atoms with Gasteiger partial charge in [-0.3, -0.25) is 0 Å². The minimum Gasteiger partial charge on any atom is -0.743 e. The number of rotatable bonds is 25. The van der Waals surface area contributed by atoms with Crippen molar-refractivity contribution in [3.8, 4) is 17.2 Å². The van der Waals surface area contributed by atoms with E-state index in [0.29, 0.717) is 42.4 Å². The van der Waals surface area contributed by atoms with Crippen LogP contribution in [0.5, 0.6) is 17.2 Å². The van der Waals surface area contributed by atoms with Gasteiger partial charge in [0, 0.05) is 16.7 Å². The highest BCUT2D eigenvalue weighted by Gasteiger charge is 2.63. The molecule has 0 bridgehead atoms. The first-order valence-electron chi connectivity index (χ1n) is 45.5. The van der Waals surface area contributed by atoms with Crippen molar-refractivity contribution >= 4 is 63.0 Å². The van der Waals surface area contributed by atoms with E-state index in [4.69, 9.17) is 42.6 Å². The Morgan fingerprint density at radius 2 is 0.583 bits per heavy atom. The maximum Gasteiger partial charge on any atom is 0.369 e. The lowest BCUT2D eigenvalue weighted by molar-refractivity contribution is -0.405. The van der Waals surface area contributed by atoms with Gasteiger partial charge < -0.3 is 56.3 Å². The number of hydrogen-bond acceptors (Lipinski definition) is 18. The lowest BCUT2D eigenvalue weighted by Gasteiger charge is -2.52. The molecular weight excluding hydrogens is 1950 g/mol. The van der Waals surface area contributed by atoms with Gasteiger partial charge in [-0.1, -0.05) is 137 Å². The van der Waals surface area contributed by atoms with E-state index in [1.807, 2.05) is 109 Å². The van der Waals surface area contributed by atoms with Crippen LogP contribution in [0.2, 0.25) is 0 Å². The second-order valence-electron chi connectivity index (χ2n) is 39.6. The average molecular weight is 2060 g/mol. The lowest BCUT2D eigenvalue weighted by Crippen LogP contribution is -2.62. The topological polar surface area (TPSA) is 255 Å². The third-order valence-electron chi connectivity index (χ3n) is 25.7. The summed E-state index contributed by atoms with van der Waals surface area (Å²) in [5, 5.41) is -13.8. The molecule has 14 rings (SSSR count). The van der Waals surface area contributed by atoms with Crippen LogP contribution in [0.1, 0.15) is 215 Å². The minimum absolute atomic E-state index is 0.0274. The third kappa shape index (κ3) is 24.5. The molecule has 139 heavy (non-hydrogen) atoms. The molecule has 10 unspecified atom stereocenters. The molecule has 10 atom stereocenters. The summed E-state index contributed by atoms with van der Waals surface area (Å²) >= 11 is 0. The standard InChI is InChI=1S/C36H42F4O6S2.C35H40F4O6S2.C32H36F4O6S2/c1-24(36(39,40)48(41,42)43)45-28-15-21-31(22-16-28)47(29-17-11-26(12-18-29)33(2,3)4)30-19-13-27(14-20-30)34(5)44-23-35(37,38)32(46-34)25-9-7-6-8-10-25;1-24(35(38,39)47(40,41)42)44-27-13-19-30(20-14-27)46(28-15-9-25(10-16-28)31(2,3)4)29-17-11-26(12-18-29)32(5)43-23-34(36,37)33(45-32)21-7-6-8-22-33;1-21(32(35,36)44(37,38)39)41-24-12-18-27(19-13-24)43(25-14-8-22(9-15-25)28(2,3)4)26-16-10-23(11-17-26)30(7)40-20-31(33,34)29(5,6)42-30/h11-22,24-25,32H,6-10,23H2,1-5H3;9-20,24H,6-8,21-23H2,1-5H3;8-19,21H,20H2,1-7H3. The van der Waals surface area contributed by atoms with Crippen LogP contribution in [0.25, 0.3) is 0 Å². The highest BCUT2D eigenvalue weighted by Crippen LogP contribution is 2.54. The Kier molecular flexibility index (Phi) is 32.4. The minimum atomic E-state index is -5.92. The molecule has 3 heterocycles. The molecule has 9 aromatic rings. The van der Waals surface area contributed by atoms with Gasteiger partial charge in [0.15, 0.2) is 110 Å². The third-order valence-corrected chi connectivity index (χ3v) is 35.4. The van der Waals surface area contributed by atoms with E-state index in [-0.39, 0.29) is 52.3 Å². The smallest absolute Gasteiger partial charge is 0.369 e. The highest BCUT2D eigenvalue weighted by molar-refractivity contribution is 7.97. The summed E-state index contributed by atoms with van der Waals surface area (Å²) in [4.78, 5) is 7.94. The SMILES string of the molecule is CC(Oc1ccc([S+](c2ccc(C(C)(C)C)cc2)c2ccc(C3(C)OCC(F)(F)C(C)(C)O3)cc2)cc1)C(F)(F)S(=O)(=O)[O-].CC(Oc1ccc([S+](c2ccc(C(C)(C)C)cc2)c2ccc(C3(C)OCC(F)(F)C(C4CCCCC4)O3)cc2)cc1)C(F)(F)S(=O)(=O)[O-].CC(Oc1ccc([S+](c2ccc(C(C)(C)C)cc2)c2ccc(C3(C)OCC(F)(F)C4(CCCCC4)O3)cc2)cc1)C(F)(F)S(=O)(=O)[O-]. The van der Waals surface area contributed by atoms with Crippen molar-refractivity contribution in [3.05, 3.63) is 252 Å². The molecule has 1 spiro atoms. The molecule has 0 N–H and O–H groups in total. The molecule has 2 aliphatic carbocycles. The molecule has 5 aliphatic rings. The normalized spacial score (nSPS) is 22.8. The van der Waals surface area contributed by atoms with Crippen LogP contribution in [0.15, 0.2) is 262 Å². The summed E-state index contributed by atoms with van der Waals surface area (Å²) in [6.45, 7) is 26.9. The number of hydrogen-bond donors (Lipinski definition) is 0. The largest absolute Gasteiger partial charge is 0.743 e. The van der Waals surface area contributed by atoms with Gasteiger partial charge in [-0.2, -0.15) is 26.3 Å². The Balaban J connectivity index is 0.000000187. The monoisotopic (exact) mass is 2060 g/mol. The van der Waals surface area contributed by atoms with Gasteiger partial charge in [0.05, 0.1) is 32.7 Å². The predicted octanol–water partition coefficient (Wildman–Crippen LogP) is 24.9. The molecular formula is C103H118F12O18S6. The number of benzene rings is 9. The molecule has 9 aromatic carbocycles. The number of halogens is 12. The van der Waals surface area contributed by atoms with Gasteiger partial charge in [0.1, 0.15) is 54.4 Å². The van der Waals surface area contributed by atoms with Gasteiger partial charge in [-0.15, -0.1) is 0 Å². The first-order valence-corrected chi connectivity index (χ1v) is 53.4. The van der Waals surface area contributed by atoms with Crippen LogP contribution in [0.4, 0.5) is 52.7 Å². The lowest BCUT2D eigenvalue weighted by atomic mass is 9.78. The van der Waals surface area contributed by atoms with E-state index in [2.05, 4.69) is 86.6 Å². The van der Waals surface area contributed by atoms with Crippen molar-refractivity contribution in [1.29, 1.82) is 0 Å².